The molecule has 1 heterocycles. The predicted octanol–water partition coefficient (Wildman–Crippen LogP) is 4.09. The molecular weight excluding hydrogens is 292 g/mol. The van der Waals surface area contributed by atoms with E-state index in [0.717, 1.165) is 38.5 Å². The summed E-state index contributed by atoms with van der Waals surface area (Å²) >= 11 is 0. The lowest BCUT2D eigenvalue weighted by molar-refractivity contribution is -0.151. The summed E-state index contributed by atoms with van der Waals surface area (Å²) in [4.78, 5) is 38.0. The van der Waals surface area contributed by atoms with Crippen molar-refractivity contribution in [3.05, 3.63) is 4.91 Å². The van der Waals surface area contributed by atoms with E-state index in [1.807, 2.05) is 20.8 Å². The van der Waals surface area contributed by atoms with Gasteiger partial charge in [0.05, 0.1) is 6.04 Å². The molecule has 0 N–H and O–H groups in total. The van der Waals surface area contributed by atoms with Crippen molar-refractivity contribution in [2.75, 3.05) is 6.54 Å². The smallest absolute Gasteiger partial charge is 0.290 e. The average Bonchev–Trinajstić information content (AvgIpc) is 2.57. The summed E-state index contributed by atoms with van der Waals surface area (Å²) in [6.07, 6.45) is 6.84. The average molecular weight is 324 g/mol. The van der Waals surface area contributed by atoms with E-state index in [0.29, 0.717) is 19.4 Å². The second-order valence-electron chi connectivity index (χ2n) is 7.35. The number of carbonyl (C=O) groups excluding carboxylic acids is 2. The van der Waals surface area contributed by atoms with Crippen LogP contribution in [0.2, 0.25) is 0 Å². The van der Waals surface area contributed by atoms with Gasteiger partial charge in [-0.25, -0.2) is 0 Å². The first-order chi connectivity index (χ1) is 10.9. The third-order valence-electron chi connectivity index (χ3n) is 5.16. The Kier molecular flexibility index (Phi) is 7.86. The summed E-state index contributed by atoms with van der Waals surface area (Å²) < 4.78 is 0. The topological polar surface area (TPSA) is 66.8 Å². The van der Waals surface area contributed by atoms with Gasteiger partial charge in [0, 0.05) is 18.0 Å². The molecule has 1 fully saturated rings. The van der Waals surface area contributed by atoms with Crippen LogP contribution in [-0.4, -0.2) is 35.2 Å². The van der Waals surface area contributed by atoms with Crippen LogP contribution in [-0.2, 0) is 9.59 Å². The van der Waals surface area contributed by atoms with E-state index in [2.05, 4.69) is 12.1 Å². The molecule has 23 heavy (non-hydrogen) atoms. The van der Waals surface area contributed by atoms with E-state index in [1.165, 1.54) is 0 Å². The van der Waals surface area contributed by atoms with Gasteiger partial charge in [-0.15, -0.1) is 0 Å². The quantitative estimate of drug-likeness (QED) is 0.474. The van der Waals surface area contributed by atoms with Crippen molar-refractivity contribution in [3.8, 4) is 0 Å². The molecule has 132 valence electrons. The summed E-state index contributed by atoms with van der Waals surface area (Å²) in [5.74, 6) is -0.683. The number of rotatable bonds is 9. The molecule has 2 unspecified atom stereocenters. The molecule has 0 aromatic rings. The number of amides is 1. The Labute approximate surface area is 140 Å². The van der Waals surface area contributed by atoms with Crippen molar-refractivity contribution in [1.29, 1.82) is 0 Å². The number of nitrogens with zero attached hydrogens (tertiary/aromatic N) is 2. The van der Waals surface area contributed by atoms with Crippen molar-refractivity contribution in [3.63, 3.8) is 0 Å². The Morgan fingerprint density at radius 1 is 1.26 bits per heavy atom. The van der Waals surface area contributed by atoms with Crippen LogP contribution in [0.15, 0.2) is 5.18 Å². The third-order valence-corrected chi connectivity index (χ3v) is 5.16. The Bertz CT molecular complexity index is 420. The Morgan fingerprint density at radius 3 is 2.52 bits per heavy atom. The van der Waals surface area contributed by atoms with Crippen LogP contribution in [0.4, 0.5) is 0 Å². The number of hydrogen-bond acceptors (Lipinski definition) is 4. The summed E-state index contributed by atoms with van der Waals surface area (Å²) in [7, 11) is 0. The number of Topliss-reactive ketones (excluding diaryl/α,β-unsaturated/α-hetero) is 1. The number of likely N-dealkylation sites (tertiary alicyclic amines) is 1. The van der Waals surface area contributed by atoms with Crippen molar-refractivity contribution < 1.29 is 9.59 Å². The molecule has 5 heteroatoms. The number of hydrogen-bond donors (Lipinski definition) is 0. The van der Waals surface area contributed by atoms with Crippen LogP contribution in [0.5, 0.6) is 0 Å². The lowest BCUT2D eigenvalue weighted by Crippen LogP contribution is -2.50. The summed E-state index contributed by atoms with van der Waals surface area (Å²) in [5, 5.41) is 3.25. The molecule has 0 aromatic heterocycles. The number of piperidine rings is 1. The first kappa shape index (κ1) is 19.8. The molecule has 1 aliphatic heterocycles. The van der Waals surface area contributed by atoms with Crippen molar-refractivity contribution >= 4 is 11.7 Å². The first-order valence-corrected chi connectivity index (χ1v) is 9.05. The van der Waals surface area contributed by atoms with Gasteiger partial charge in [0.15, 0.2) is 0 Å². The third kappa shape index (κ3) is 5.40. The molecule has 1 amide bonds. The van der Waals surface area contributed by atoms with Crippen LogP contribution >= 0.6 is 0 Å². The van der Waals surface area contributed by atoms with Crippen molar-refractivity contribution in [1.82, 2.24) is 4.90 Å². The number of ketones is 1. The molecule has 5 nitrogen and oxygen atoms in total. The monoisotopic (exact) mass is 324 g/mol. The first-order valence-electron chi connectivity index (χ1n) is 9.05. The highest BCUT2D eigenvalue weighted by atomic mass is 16.3. The summed E-state index contributed by atoms with van der Waals surface area (Å²) in [6.45, 7) is 8.28. The van der Waals surface area contributed by atoms with Gasteiger partial charge < -0.3 is 4.90 Å². The second-order valence-corrected chi connectivity index (χ2v) is 7.35. The van der Waals surface area contributed by atoms with E-state index < -0.39 is 5.41 Å². The van der Waals surface area contributed by atoms with Crippen molar-refractivity contribution in [2.45, 2.75) is 91.1 Å². The fourth-order valence-corrected chi connectivity index (χ4v) is 3.06. The Balaban J connectivity index is 2.79. The summed E-state index contributed by atoms with van der Waals surface area (Å²) in [6, 6.07) is -0.268. The lowest BCUT2D eigenvalue weighted by atomic mass is 9.83. The van der Waals surface area contributed by atoms with Crippen LogP contribution in [0.3, 0.4) is 0 Å². The van der Waals surface area contributed by atoms with Gasteiger partial charge in [-0.3, -0.25) is 9.59 Å². The van der Waals surface area contributed by atoms with Crippen LogP contribution in [0.1, 0.15) is 79.1 Å². The Morgan fingerprint density at radius 2 is 1.96 bits per heavy atom. The zero-order valence-corrected chi connectivity index (χ0v) is 15.1. The molecule has 0 radical (unpaired) electrons. The number of nitroso groups, excluding NO2 is 1. The Hall–Kier alpha value is -1.26. The molecular formula is C18H32N2O3. The fraction of sp³-hybridized carbons (Fsp3) is 0.889. The van der Waals surface area contributed by atoms with E-state index in [9.17, 15) is 14.5 Å². The van der Waals surface area contributed by atoms with Gasteiger partial charge in [-0.1, -0.05) is 45.7 Å². The SMILES string of the molecule is CCCCC(CC1CCCCN1C(=O)C(=O)C(C)(C)CC)N=O. The van der Waals surface area contributed by atoms with Crippen LogP contribution < -0.4 is 0 Å². The minimum absolute atomic E-state index is 0.0209. The van der Waals surface area contributed by atoms with E-state index in [4.69, 9.17) is 0 Å². The molecule has 1 saturated heterocycles. The minimum Gasteiger partial charge on any atom is -0.333 e. The van der Waals surface area contributed by atoms with Crippen LogP contribution in [0, 0.1) is 10.3 Å². The maximum Gasteiger partial charge on any atom is 0.290 e. The molecule has 0 aliphatic carbocycles. The molecule has 2 atom stereocenters. The maximum absolute atomic E-state index is 12.7. The zero-order chi connectivity index (χ0) is 17.5. The molecule has 0 saturated carbocycles. The number of carbonyl (C=O) groups is 2. The number of unbranched alkanes of at least 4 members (excludes halogenated alkanes) is 1. The highest BCUT2D eigenvalue weighted by Gasteiger charge is 2.38. The van der Waals surface area contributed by atoms with E-state index >= 15 is 0 Å². The van der Waals surface area contributed by atoms with Gasteiger partial charge in [0.1, 0.15) is 0 Å². The van der Waals surface area contributed by atoms with E-state index in [-0.39, 0.29) is 23.8 Å². The molecule has 0 bridgehead atoms. The van der Waals surface area contributed by atoms with Gasteiger partial charge in [-0.05, 0) is 38.5 Å². The molecule has 0 aromatic carbocycles. The fourth-order valence-electron chi connectivity index (χ4n) is 3.06. The summed E-state index contributed by atoms with van der Waals surface area (Å²) in [5.41, 5.74) is -0.621. The lowest BCUT2D eigenvalue weighted by Gasteiger charge is -2.37. The van der Waals surface area contributed by atoms with Gasteiger partial charge in [0.25, 0.3) is 5.91 Å². The minimum atomic E-state index is -0.621. The second kappa shape index (κ2) is 9.14. The predicted molar refractivity (Wildman–Crippen MR) is 92.2 cm³/mol. The van der Waals surface area contributed by atoms with Crippen LogP contribution in [0.25, 0.3) is 0 Å². The van der Waals surface area contributed by atoms with Gasteiger partial charge in [-0.2, -0.15) is 4.91 Å². The highest BCUT2D eigenvalue weighted by molar-refractivity contribution is 6.38. The molecule has 1 rings (SSSR count). The van der Waals surface area contributed by atoms with E-state index in [1.54, 1.807) is 4.90 Å². The highest BCUT2D eigenvalue weighted by Crippen LogP contribution is 2.27. The van der Waals surface area contributed by atoms with Gasteiger partial charge in [0.2, 0.25) is 5.78 Å². The largest absolute Gasteiger partial charge is 0.333 e. The molecule has 0 spiro atoms. The maximum atomic E-state index is 12.7. The van der Waals surface area contributed by atoms with Gasteiger partial charge >= 0.3 is 0 Å². The standard InChI is InChI=1S/C18H32N2O3/c1-5-7-10-14(19-23)13-15-11-8-9-12-20(15)17(22)16(21)18(3,4)6-2/h14-15H,5-13H2,1-4H3. The van der Waals surface area contributed by atoms with Crippen molar-refractivity contribution in [2.24, 2.45) is 10.6 Å². The normalized spacial score (nSPS) is 20.2. The molecule has 1 aliphatic rings. The zero-order valence-electron chi connectivity index (χ0n) is 15.1.